The third-order valence-corrected chi connectivity index (χ3v) is 8.09. The number of aromatic nitrogens is 1. The van der Waals surface area contributed by atoms with E-state index in [0.717, 1.165) is 28.3 Å². The second kappa shape index (κ2) is 9.82. The lowest BCUT2D eigenvalue weighted by Gasteiger charge is -2.41. The van der Waals surface area contributed by atoms with Gasteiger partial charge in [0.1, 0.15) is 16.8 Å². The second-order valence-electron chi connectivity index (χ2n) is 8.34. The normalized spacial score (nSPS) is 14.8. The molecule has 0 spiro atoms. The first-order valence-corrected chi connectivity index (χ1v) is 12.5. The molecule has 0 atom stereocenters. The maximum absolute atomic E-state index is 13.0. The lowest BCUT2D eigenvalue weighted by molar-refractivity contribution is 0.414. The van der Waals surface area contributed by atoms with Gasteiger partial charge in [0, 0.05) is 55.9 Å². The summed E-state index contributed by atoms with van der Waals surface area (Å²) in [5.41, 5.74) is 10.1. The summed E-state index contributed by atoms with van der Waals surface area (Å²) in [5.74, 6) is 1.40. The number of hydrogen-bond acceptors (Lipinski definition) is 7. The molecule has 8 nitrogen and oxygen atoms in total. The molecule has 1 aromatic heterocycles. The van der Waals surface area contributed by atoms with Crippen molar-refractivity contribution in [2.75, 3.05) is 37.9 Å². The van der Waals surface area contributed by atoms with Crippen LogP contribution in [0.4, 0.5) is 17.2 Å². The molecular weight excluding hydrogens is 450 g/mol. The molecule has 0 amide bonds. The predicted molar refractivity (Wildman–Crippen MR) is 136 cm³/mol. The molecular formula is C25H29N5O3S. The van der Waals surface area contributed by atoms with Gasteiger partial charge in [-0.1, -0.05) is 30.3 Å². The van der Waals surface area contributed by atoms with E-state index in [2.05, 4.69) is 9.98 Å². The average molecular weight is 480 g/mol. The molecule has 2 aromatic carbocycles. The van der Waals surface area contributed by atoms with Crippen molar-refractivity contribution < 1.29 is 13.2 Å². The quantitative estimate of drug-likeness (QED) is 0.497. The standard InChI is InChI=1S/C25H29N5O3S/c1-18(28-20-7-5-4-6-8-20)23-14-27-25(13-24(23)26)30-16-22(17-30)34(31,32)29(2)15-19-9-11-21(33-3)12-10-19/h4-14,22H,15-17H2,1-3H3,(H2,26,27). The summed E-state index contributed by atoms with van der Waals surface area (Å²) in [6, 6.07) is 18.8. The minimum Gasteiger partial charge on any atom is -0.497 e. The molecule has 2 N–H and O–H groups in total. The zero-order chi connectivity index (χ0) is 24.3. The van der Waals surface area contributed by atoms with Crippen LogP contribution in [-0.2, 0) is 16.6 Å². The van der Waals surface area contributed by atoms with Gasteiger partial charge in [-0.25, -0.2) is 17.7 Å². The van der Waals surface area contributed by atoms with E-state index in [9.17, 15) is 8.42 Å². The Hall–Kier alpha value is -3.43. The molecule has 1 aliphatic rings. The lowest BCUT2D eigenvalue weighted by Crippen LogP contribution is -2.58. The van der Waals surface area contributed by atoms with Gasteiger partial charge in [-0.15, -0.1) is 0 Å². The smallest absolute Gasteiger partial charge is 0.220 e. The summed E-state index contributed by atoms with van der Waals surface area (Å²) in [7, 11) is -0.227. The molecule has 2 heterocycles. The summed E-state index contributed by atoms with van der Waals surface area (Å²) >= 11 is 0. The molecule has 4 rings (SSSR count). The molecule has 0 aliphatic carbocycles. The third kappa shape index (κ3) is 5.05. The summed E-state index contributed by atoms with van der Waals surface area (Å²) < 4.78 is 32.6. The number of sulfonamides is 1. The van der Waals surface area contributed by atoms with Crippen molar-refractivity contribution in [3.8, 4) is 5.75 Å². The Balaban J connectivity index is 1.39. The highest BCUT2D eigenvalue weighted by molar-refractivity contribution is 7.89. The van der Waals surface area contributed by atoms with Gasteiger partial charge in [0.2, 0.25) is 10.0 Å². The number of benzene rings is 2. The SMILES string of the molecule is COc1ccc(CN(C)S(=O)(=O)C2CN(c3cc(N)c(C(C)=Nc4ccccc4)cn3)C2)cc1. The molecule has 9 heteroatoms. The summed E-state index contributed by atoms with van der Waals surface area (Å²) in [4.78, 5) is 11.0. The van der Waals surface area contributed by atoms with E-state index in [-0.39, 0.29) is 0 Å². The molecule has 1 aliphatic heterocycles. The van der Waals surface area contributed by atoms with E-state index in [1.54, 1.807) is 26.4 Å². The van der Waals surface area contributed by atoms with Crippen LogP contribution in [0.3, 0.4) is 0 Å². The molecule has 0 saturated carbocycles. The van der Waals surface area contributed by atoms with Crippen molar-refractivity contribution in [2.24, 2.45) is 4.99 Å². The zero-order valence-corrected chi connectivity index (χ0v) is 20.4. The topological polar surface area (TPSA) is 101 Å². The Labute approximate surface area is 200 Å². The maximum atomic E-state index is 13.0. The minimum atomic E-state index is -3.44. The van der Waals surface area contributed by atoms with Crippen LogP contribution in [0.1, 0.15) is 18.1 Å². The van der Waals surface area contributed by atoms with Crippen molar-refractivity contribution in [2.45, 2.75) is 18.7 Å². The number of para-hydroxylation sites is 1. The molecule has 178 valence electrons. The van der Waals surface area contributed by atoms with Crippen LogP contribution in [-0.4, -0.2) is 55.9 Å². The summed E-state index contributed by atoms with van der Waals surface area (Å²) in [5, 5.41) is -0.486. The van der Waals surface area contributed by atoms with Crippen molar-refractivity contribution >= 4 is 32.9 Å². The largest absolute Gasteiger partial charge is 0.497 e. The zero-order valence-electron chi connectivity index (χ0n) is 19.5. The van der Waals surface area contributed by atoms with E-state index >= 15 is 0 Å². The number of hydrogen-bond donors (Lipinski definition) is 1. The number of rotatable bonds is 8. The van der Waals surface area contributed by atoms with E-state index in [1.165, 1.54) is 4.31 Å². The van der Waals surface area contributed by atoms with Crippen molar-refractivity contribution in [3.05, 3.63) is 78.0 Å². The molecule has 1 saturated heterocycles. The van der Waals surface area contributed by atoms with Crippen LogP contribution in [0.25, 0.3) is 0 Å². The number of anilines is 2. The first-order valence-electron chi connectivity index (χ1n) is 11.0. The Morgan fingerprint density at radius 3 is 2.47 bits per heavy atom. The van der Waals surface area contributed by atoms with Gasteiger partial charge in [-0.05, 0) is 36.8 Å². The highest BCUT2D eigenvalue weighted by Crippen LogP contribution is 2.28. The van der Waals surface area contributed by atoms with Crippen LogP contribution < -0.4 is 15.4 Å². The Bertz CT molecular complexity index is 1270. The fraction of sp³-hybridized carbons (Fsp3) is 0.280. The van der Waals surface area contributed by atoms with Gasteiger partial charge in [-0.3, -0.25) is 4.99 Å². The number of ether oxygens (including phenoxy) is 1. The maximum Gasteiger partial charge on any atom is 0.220 e. The van der Waals surface area contributed by atoms with Crippen molar-refractivity contribution in [1.82, 2.24) is 9.29 Å². The van der Waals surface area contributed by atoms with Crippen molar-refractivity contribution in [3.63, 3.8) is 0 Å². The first-order chi connectivity index (χ1) is 16.3. The Morgan fingerprint density at radius 1 is 1.18 bits per heavy atom. The molecule has 1 fully saturated rings. The Morgan fingerprint density at radius 2 is 1.85 bits per heavy atom. The van der Waals surface area contributed by atoms with E-state index in [0.29, 0.717) is 31.1 Å². The summed E-state index contributed by atoms with van der Waals surface area (Å²) in [6.07, 6.45) is 1.70. The van der Waals surface area contributed by atoms with Gasteiger partial charge in [0.15, 0.2) is 0 Å². The van der Waals surface area contributed by atoms with Crippen LogP contribution >= 0.6 is 0 Å². The van der Waals surface area contributed by atoms with Crippen LogP contribution in [0.5, 0.6) is 5.75 Å². The van der Waals surface area contributed by atoms with E-state index < -0.39 is 15.3 Å². The highest BCUT2D eigenvalue weighted by Gasteiger charge is 2.40. The number of methoxy groups -OCH3 is 1. The molecule has 0 bridgehead atoms. The first kappa shape index (κ1) is 23.7. The van der Waals surface area contributed by atoms with Crippen molar-refractivity contribution in [1.29, 1.82) is 0 Å². The van der Waals surface area contributed by atoms with E-state index in [4.69, 9.17) is 10.5 Å². The monoisotopic (exact) mass is 479 g/mol. The molecule has 0 unspecified atom stereocenters. The highest BCUT2D eigenvalue weighted by atomic mass is 32.2. The van der Waals surface area contributed by atoms with E-state index in [1.807, 2.05) is 66.4 Å². The number of nitrogens with two attached hydrogens (primary N) is 1. The van der Waals surface area contributed by atoms with Gasteiger partial charge >= 0.3 is 0 Å². The fourth-order valence-corrected chi connectivity index (χ4v) is 5.41. The Kier molecular flexibility index (Phi) is 6.85. The molecule has 34 heavy (non-hydrogen) atoms. The average Bonchev–Trinajstić information content (AvgIpc) is 2.79. The van der Waals surface area contributed by atoms with Gasteiger partial charge < -0.3 is 15.4 Å². The van der Waals surface area contributed by atoms with Crippen LogP contribution in [0, 0.1) is 0 Å². The number of nitrogen functional groups attached to an aromatic ring is 1. The molecule has 3 aromatic rings. The molecule has 0 radical (unpaired) electrons. The van der Waals surface area contributed by atoms with Crippen LogP contribution in [0.2, 0.25) is 0 Å². The third-order valence-electron chi connectivity index (χ3n) is 5.96. The van der Waals surface area contributed by atoms with Gasteiger partial charge in [0.25, 0.3) is 0 Å². The second-order valence-corrected chi connectivity index (χ2v) is 10.7. The van der Waals surface area contributed by atoms with Gasteiger partial charge in [-0.2, -0.15) is 0 Å². The number of aliphatic imine (C=N–C) groups is 1. The number of nitrogens with zero attached hydrogens (tertiary/aromatic N) is 4. The summed E-state index contributed by atoms with van der Waals surface area (Å²) in [6.45, 7) is 2.95. The fourth-order valence-electron chi connectivity index (χ4n) is 3.84. The predicted octanol–water partition coefficient (Wildman–Crippen LogP) is 3.46. The lowest BCUT2D eigenvalue weighted by atomic mass is 10.1. The van der Waals surface area contributed by atoms with Crippen LogP contribution in [0.15, 0.2) is 71.9 Å². The van der Waals surface area contributed by atoms with Gasteiger partial charge in [0.05, 0.1) is 12.8 Å². The number of pyridine rings is 1. The minimum absolute atomic E-state index is 0.308.